The molecule has 0 aromatic heterocycles. The number of nitrogens with zero attached hydrogens (tertiary/aromatic N) is 1. The number of nitrogens with one attached hydrogen (secondary N) is 1. The first-order chi connectivity index (χ1) is 8.84. The molecule has 7 heteroatoms. The van der Waals surface area contributed by atoms with Crippen LogP contribution < -0.4 is 5.32 Å². The number of piperazine rings is 1. The van der Waals surface area contributed by atoms with Gasteiger partial charge in [0.25, 0.3) is 0 Å². The molecular formula is C12H15ClN2O3S. The first-order valence-electron chi connectivity index (χ1n) is 5.83. The van der Waals surface area contributed by atoms with Gasteiger partial charge >= 0.3 is 0 Å². The van der Waals surface area contributed by atoms with E-state index in [9.17, 15) is 13.2 Å². The van der Waals surface area contributed by atoms with Crippen LogP contribution in [0.25, 0.3) is 0 Å². The van der Waals surface area contributed by atoms with E-state index in [0.717, 1.165) is 11.8 Å². The molecule has 0 saturated carbocycles. The molecule has 1 fully saturated rings. The van der Waals surface area contributed by atoms with Crippen molar-refractivity contribution in [1.82, 2.24) is 9.62 Å². The quantitative estimate of drug-likeness (QED) is 0.891. The summed E-state index contributed by atoms with van der Waals surface area (Å²) < 4.78 is 24.2. The molecule has 19 heavy (non-hydrogen) atoms. The van der Waals surface area contributed by atoms with Crippen molar-refractivity contribution in [2.24, 2.45) is 0 Å². The lowest BCUT2D eigenvalue weighted by Crippen LogP contribution is -2.56. The fourth-order valence-corrected chi connectivity index (χ4v) is 2.99. The van der Waals surface area contributed by atoms with Crippen molar-refractivity contribution in [2.45, 2.75) is 12.5 Å². The van der Waals surface area contributed by atoms with Gasteiger partial charge in [-0.3, -0.25) is 4.79 Å². The molecule has 0 radical (unpaired) electrons. The number of sulfonamides is 1. The minimum atomic E-state index is -3.34. The number of hydrogen-bond donors (Lipinski definition) is 1. The Bertz CT molecular complexity index is 571. The molecule has 1 heterocycles. The minimum Gasteiger partial charge on any atom is -0.351 e. The van der Waals surface area contributed by atoms with Gasteiger partial charge in [-0.15, -0.1) is 0 Å². The molecule has 1 aromatic rings. The lowest BCUT2D eigenvalue weighted by atomic mass is 10.0. The highest BCUT2D eigenvalue weighted by Crippen LogP contribution is 2.13. The third-order valence-corrected chi connectivity index (χ3v) is 4.44. The van der Waals surface area contributed by atoms with E-state index in [1.54, 1.807) is 12.1 Å². The van der Waals surface area contributed by atoms with E-state index < -0.39 is 10.0 Å². The van der Waals surface area contributed by atoms with Gasteiger partial charge in [-0.05, 0) is 24.1 Å². The molecule has 1 unspecified atom stereocenters. The molecular weight excluding hydrogens is 288 g/mol. The molecule has 1 aliphatic heterocycles. The Morgan fingerprint density at radius 1 is 1.37 bits per heavy atom. The highest BCUT2D eigenvalue weighted by Gasteiger charge is 2.29. The molecule has 1 saturated heterocycles. The summed E-state index contributed by atoms with van der Waals surface area (Å²) in [5.41, 5.74) is 1.00. The number of hydrogen-bond acceptors (Lipinski definition) is 3. The van der Waals surface area contributed by atoms with Gasteiger partial charge < -0.3 is 5.32 Å². The molecule has 2 rings (SSSR count). The zero-order valence-corrected chi connectivity index (χ0v) is 12.0. The first-order valence-corrected chi connectivity index (χ1v) is 8.06. The Kier molecular flexibility index (Phi) is 4.13. The minimum absolute atomic E-state index is 0.101. The lowest BCUT2D eigenvalue weighted by Gasteiger charge is -2.31. The Hall–Kier alpha value is -1.11. The molecule has 1 atom stereocenters. The normalized spacial score (nSPS) is 21.2. The van der Waals surface area contributed by atoms with Gasteiger partial charge in [0.2, 0.25) is 15.9 Å². The third kappa shape index (κ3) is 3.92. The number of carbonyl (C=O) groups excluding carboxylic acids is 1. The summed E-state index contributed by atoms with van der Waals surface area (Å²) in [4.78, 5) is 11.5. The van der Waals surface area contributed by atoms with Gasteiger partial charge in [0.15, 0.2) is 0 Å². The average Bonchev–Trinajstić information content (AvgIpc) is 2.30. The molecule has 1 aromatic carbocycles. The molecule has 0 bridgehead atoms. The average molecular weight is 303 g/mol. The summed E-state index contributed by atoms with van der Waals surface area (Å²) in [6.45, 7) is 0.198. The van der Waals surface area contributed by atoms with E-state index in [-0.39, 0.29) is 18.5 Å². The van der Waals surface area contributed by atoms with Gasteiger partial charge in [-0.2, -0.15) is 4.31 Å². The van der Waals surface area contributed by atoms with Crippen LogP contribution in [0.1, 0.15) is 5.56 Å². The second-order valence-corrected chi connectivity index (χ2v) is 7.07. The van der Waals surface area contributed by atoms with E-state index in [1.165, 1.54) is 4.31 Å². The van der Waals surface area contributed by atoms with E-state index in [0.29, 0.717) is 18.0 Å². The summed E-state index contributed by atoms with van der Waals surface area (Å²) in [6.07, 6.45) is 1.69. The monoisotopic (exact) mass is 302 g/mol. The van der Waals surface area contributed by atoms with Crippen molar-refractivity contribution in [3.8, 4) is 0 Å². The maximum Gasteiger partial charge on any atom is 0.235 e. The summed E-state index contributed by atoms with van der Waals surface area (Å²) in [7, 11) is -3.34. The predicted molar refractivity (Wildman–Crippen MR) is 73.5 cm³/mol. The van der Waals surface area contributed by atoms with Crippen molar-refractivity contribution in [3.63, 3.8) is 0 Å². The number of rotatable bonds is 3. The Morgan fingerprint density at radius 2 is 2.00 bits per heavy atom. The van der Waals surface area contributed by atoms with Crippen LogP contribution in [0.4, 0.5) is 0 Å². The fourth-order valence-electron chi connectivity index (χ4n) is 2.06. The number of halogens is 1. The van der Waals surface area contributed by atoms with Gasteiger partial charge in [0, 0.05) is 17.6 Å². The van der Waals surface area contributed by atoms with Crippen molar-refractivity contribution in [2.75, 3.05) is 19.3 Å². The Balaban J connectivity index is 2.08. The van der Waals surface area contributed by atoms with E-state index in [2.05, 4.69) is 5.32 Å². The second-order valence-electron chi connectivity index (χ2n) is 4.65. The summed E-state index contributed by atoms with van der Waals surface area (Å²) in [5.74, 6) is -0.268. The van der Waals surface area contributed by atoms with Gasteiger partial charge in [-0.1, -0.05) is 23.7 Å². The molecule has 0 aliphatic carbocycles. The zero-order chi connectivity index (χ0) is 14.0. The highest BCUT2D eigenvalue weighted by molar-refractivity contribution is 7.88. The van der Waals surface area contributed by atoms with Crippen LogP contribution in [0.15, 0.2) is 24.3 Å². The SMILES string of the molecule is CS(=O)(=O)N1CC(=O)NC(Cc2ccc(Cl)cc2)C1. The van der Waals surface area contributed by atoms with Crippen molar-refractivity contribution in [1.29, 1.82) is 0 Å². The van der Waals surface area contributed by atoms with Crippen molar-refractivity contribution in [3.05, 3.63) is 34.9 Å². The van der Waals surface area contributed by atoms with E-state index in [4.69, 9.17) is 11.6 Å². The highest BCUT2D eigenvalue weighted by atomic mass is 35.5. The van der Waals surface area contributed by atoms with Crippen LogP contribution in [0.5, 0.6) is 0 Å². The number of benzene rings is 1. The summed E-state index contributed by atoms with van der Waals surface area (Å²) >= 11 is 5.80. The zero-order valence-electron chi connectivity index (χ0n) is 10.5. The molecule has 1 amide bonds. The van der Waals surface area contributed by atoms with Gasteiger partial charge in [-0.25, -0.2) is 8.42 Å². The maximum absolute atomic E-state index is 11.5. The van der Waals surface area contributed by atoms with Crippen LogP contribution >= 0.6 is 11.6 Å². The smallest absolute Gasteiger partial charge is 0.235 e. The van der Waals surface area contributed by atoms with Crippen molar-refractivity contribution >= 4 is 27.5 Å². The Labute approximate surface area is 117 Å². The lowest BCUT2D eigenvalue weighted by molar-refractivity contribution is -0.123. The van der Waals surface area contributed by atoms with Crippen LogP contribution in [-0.2, 0) is 21.2 Å². The number of carbonyl (C=O) groups is 1. The van der Waals surface area contributed by atoms with Crippen LogP contribution in [0, 0.1) is 0 Å². The summed E-state index contributed by atoms with van der Waals surface area (Å²) in [6, 6.07) is 7.07. The van der Waals surface area contributed by atoms with Gasteiger partial charge in [0.05, 0.1) is 12.8 Å². The predicted octanol–water partition coefficient (Wildman–Crippen LogP) is 0.643. The molecule has 1 aliphatic rings. The van der Waals surface area contributed by atoms with E-state index in [1.807, 2.05) is 12.1 Å². The largest absolute Gasteiger partial charge is 0.351 e. The first kappa shape index (κ1) is 14.3. The molecule has 0 spiro atoms. The second kappa shape index (κ2) is 5.48. The van der Waals surface area contributed by atoms with Crippen LogP contribution in [-0.4, -0.2) is 44.0 Å². The number of amides is 1. The van der Waals surface area contributed by atoms with Gasteiger partial charge in [0.1, 0.15) is 0 Å². The molecule has 104 valence electrons. The standard InChI is InChI=1S/C12H15ClN2O3S/c1-19(17,18)15-7-11(14-12(16)8-15)6-9-2-4-10(13)5-3-9/h2-5,11H,6-8H2,1H3,(H,14,16). The third-order valence-electron chi connectivity index (χ3n) is 2.97. The van der Waals surface area contributed by atoms with E-state index >= 15 is 0 Å². The fraction of sp³-hybridized carbons (Fsp3) is 0.417. The van der Waals surface area contributed by atoms with Crippen LogP contribution in [0.2, 0.25) is 5.02 Å². The summed E-state index contributed by atoms with van der Waals surface area (Å²) in [5, 5.41) is 3.45. The molecule has 1 N–H and O–H groups in total. The van der Waals surface area contributed by atoms with Crippen LogP contribution in [0.3, 0.4) is 0 Å². The molecule has 5 nitrogen and oxygen atoms in total. The van der Waals surface area contributed by atoms with Crippen molar-refractivity contribution < 1.29 is 13.2 Å². The maximum atomic E-state index is 11.5. The topological polar surface area (TPSA) is 66.5 Å². The Morgan fingerprint density at radius 3 is 2.58 bits per heavy atom.